The summed E-state index contributed by atoms with van der Waals surface area (Å²) >= 11 is 0. The second-order valence-corrected chi connectivity index (χ2v) is 9.36. The molecule has 3 aliphatic rings. The van der Waals surface area contributed by atoms with Crippen LogP contribution in [0.15, 0.2) is 0 Å². The molecule has 0 aromatic rings. The molecule has 6 heteroatoms. The van der Waals surface area contributed by atoms with Crippen LogP contribution >= 0.6 is 0 Å². The fraction of sp³-hybridized carbons (Fsp3) is 1.00. The zero-order chi connectivity index (χ0) is 15.0. The van der Waals surface area contributed by atoms with Crippen LogP contribution in [0.5, 0.6) is 0 Å². The molecule has 0 radical (unpaired) electrons. The number of fused-ring (bicyclic) bond motifs is 2. The number of piperidine rings is 1. The Hall–Kier alpha value is -0.170. The molecule has 21 heavy (non-hydrogen) atoms. The molecule has 5 nitrogen and oxygen atoms in total. The van der Waals surface area contributed by atoms with E-state index in [1.165, 1.54) is 25.7 Å². The molecular formula is C15H29N3O2S. The predicted octanol–water partition coefficient (Wildman–Crippen LogP) is 1.27. The van der Waals surface area contributed by atoms with Crippen molar-refractivity contribution in [2.45, 2.75) is 38.5 Å². The lowest BCUT2D eigenvalue weighted by molar-refractivity contribution is 0.236. The molecule has 0 spiro atoms. The number of nitrogens with two attached hydrogens (primary N) is 1. The lowest BCUT2D eigenvalue weighted by Gasteiger charge is -2.35. The molecule has 2 bridgehead atoms. The van der Waals surface area contributed by atoms with Gasteiger partial charge in [-0.05, 0) is 62.3 Å². The van der Waals surface area contributed by atoms with E-state index in [1.807, 2.05) is 0 Å². The van der Waals surface area contributed by atoms with Crippen molar-refractivity contribution in [2.75, 3.05) is 33.2 Å². The van der Waals surface area contributed by atoms with Gasteiger partial charge >= 0.3 is 0 Å². The van der Waals surface area contributed by atoms with E-state index < -0.39 is 10.2 Å². The van der Waals surface area contributed by atoms with Gasteiger partial charge in [-0.1, -0.05) is 6.42 Å². The first-order valence-electron chi connectivity index (χ1n) is 8.42. The van der Waals surface area contributed by atoms with Crippen molar-refractivity contribution < 1.29 is 8.42 Å². The smallest absolute Gasteiger partial charge is 0.281 e. The van der Waals surface area contributed by atoms with Crippen molar-refractivity contribution in [1.82, 2.24) is 8.61 Å². The van der Waals surface area contributed by atoms with E-state index in [0.717, 1.165) is 24.7 Å². The lowest BCUT2D eigenvalue weighted by atomic mass is 9.89. The Morgan fingerprint density at radius 2 is 2.05 bits per heavy atom. The van der Waals surface area contributed by atoms with Crippen molar-refractivity contribution in [2.24, 2.45) is 29.4 Å². The first-order valence-corrected chi connectivity index (χ1v) is 9.82. The molecule has 0 aromatic heterocycles. The fourth-order valence-electron chi connectivity index (χ4n) is 4.65. The minimum atomic E-state index is -3.30. The summed E-state index contributed by atoms with van der Waals surface area (Å²) in [5.74, 6) is 2.54. The van der Waals surface area contributed by atoms with E-state index >= 15 is 0 Å². The van der Waals surface area contributed by atoms with Gasteiger partial charge in [-0.3, -0.25) is 0 Å². The van der Waals surface area contributed by atoms with Gasteiger partial charge in [0.1, 0.15) is 0 Å². The van der Waals surface area contributed by atoms with Gasteiger partial charge in [-0.25, -0.2) is 0 Å². The quantitative estimate of drug-likeness (QED) is 0.831. The lowest BCUT2D eigenvalue weighted by Crippen LogP contribution is -2.49. The molecule has 1 saturated heterocycles. The first kappa shape index (κ1) is 15.7. The average Bonchev–Trinajstić information content (AvgIpc) is 3.09. The standard InChI is InChI=1S/C15H29N3O2S/c1-17(11-15-8-12-4-5-14(15)7-12)21(19,20)18-6-2-3-13(9-16)10-18/h12-15H,2-11,16H2,1H3. The summed E-state index contributed by atoms with van der Waals surface area (Å²) in [6.07, 6.45) is 7.22. The van der Waals surface area contributed by atoms with Crippen molar-refractivity contribution in [1.29, 1.82) is 0 Å². The van der Waals surface area contributed by atoms with Crippen LogP contribution in [-0.2, 0) is 10.2 Å². The molecule has 0 amide bonds. The largest absolute Gasteiger partial charge is 0.330 e. The highest BCUT2D eigenvalue weighted by molar-refractivity contribution is 7.86. The second-order valence-electron chi connectivity index (χ2n) is 7.33. The van der Waals surface area contributed by atoms with E-state index in [0.29, 0.717) is 38.0 Å². The summed E-state index contributed by atoms with van der Waals surface area (Å²) in [6, 6.07) is 0. The van der Waals surface area contributed by atoms with E-state index in [2.05, 4.69) is 0 Å². The molecule has 1 aliphatic heterocycles. The highest BCUT2D eigenvalue weighted by Gasteiger charge is 2.41. The Morgan fingerprint density at radius 3 is 2.67 bits per heavy atom. The Kier molecular flexibility index (Phi) is 4.60. The normalized spacial score (nSPS) is 37.5. The van der Waals surface area contributed by atoms with Gasteiger partial charge in [0.2, 0.25) is 0 Å². The van der Waals surface area contributed by atoms with Crippen LogP contribution in [0.2, 0.25) is 0 Å². The molecule has 2 aliphatic carbocycles. The van der Waals surface area contributed by atoms with E-state index in [9.17, 15) is 8.42 Å². The second kappa shape index (κ2) is 6.14. The molecular weight excluding hydrogens is 286 g/mol. The SMILES string of the molecule is CN(CC1CC2CCC1C2)S(=O)(=O)N1CCCC(CN)C1. The minimum Gasteiger partial charge on any atom is -0.330 e. The number of hydrogen-bond donors (Lipinski definition) is 1. The van der Waals surface area contributed by atoms with Gasteiger partial charge in [0.05, 0.1) is 0 Å². The summed E-state index contributed by atoms with van der Waals surface area (Å²) < 4.78 is 28.8. The third-order valence-corrected chi connectivity index (χ3v) is 7.83. The minimum absolute atomic E-state index is 0.324. The highest BCUT2D eigenvalue weighted by atomic mass is 32.2. The number of rotatable bonds is 5. The molecule has 0 aromatic carbocycles. The Bertz CT molecular complexity index is 468. The first-order chi connectivity index (χ1) is 10.0. The van der Waals surface area contributed by atoms with E-state index in [-0.39, 0.29) is 0 Å². The Labute approximate surface area is 129 Å². The molecule has 4 atom stereocenters. The summed E-state index contributed by atoms with van der Waals surface area (Å²) in [5.41, 5.74) is 5.72. The number of nitrogens with zero attached hydrogens (tertiary/aromatic N) is 2. The number of hydrogen-bond acceptors (Lipinski definition) is 3. The van der Waals surface area contributed by atoms with Gasteiger partial charge < -0.3 is 5.73 Å². The molecule has 4 unspecified atom stereocenters. The maximum atomic E-state index is 12.8. The zero-order valence-electron chi connectivity index (χ0n) is 13.1. The maximum Gasteiger partial charge on any atom is 0.281 e. The third-order valence-electron chi connectivity index (χ3n) is 5.91. The van der Waals surface area contributed by atoms with Gasteiger partial charge in [0.15, 0.2) is 0 Å². The van der Waals surface area contributed by atoms with Crippen LogP contribution in [0.3, 0.4) is 0 Å². The summed E-state index contributed by atoms with van der Waals surface area (Å²) in [4.78, 5) is 0. The third kappa shape index (κ3) is 3.14. The molecule has 3 rings (SSSR count). The molecule has 2 N–H and O–H groups in total. The predicted molar refractivity (Wildman–Crippen MR) is 83.8 cm³/mol. The van der Waals surface area contributed by atoms with Crippen molar-refractivity contribution in [3.05, 3.63) is 0 Å². The van der Waals surface area contributed by atoms with E-state index in [1.54, 1.807) is 15.7 Å². The molecule has 1 heterocycles. The van der Waals surface area contributed by atoms with Gasteiger partial charge in [0.25, 0.3) is 10.2 Å². The van der Waals surface area contributed by atoms with Crippen LogP contribution in [0, 0.1) is 23.7 Å². The van der Waals surface area contributed by atoms with E-state index in [4.69, 9.17) is 5.73 Å². The van der Waals surface area contributed by atoms with Gasteiger partial charge in [0, 0.05) is 26.7 Å². The molecule has 3 fully saturated rings. The summed E-state index contributed by atoms with van der Waals surface area (Å²) in [6.45, 7) is 2.54. The Balaban J connectivity index is 1.61. The van der Waals surface area contributed by atoms with Crippen LogP contribution in [0.1, 0.15) is 38.5 Å². The van der Waals surface area contributed by atoms with Crippen LogP contribution in [0.4, 0.5) is 0 Å². The summed E-state index contributed by atoms with van der Waals surface area (Å²) in [7, 11) is -1.54. The summed E-state index contributed by atoms with van der Waals surface area (Å²) in [5, 5.41) is 0. The van der Waals surface area contributed by atoms with Gasteiger partial charge in [-0.15, -0.1) is 0 Å². The van der Waals surface area contributed by atoms with Crippen molar-refractivity contribution in [3.8, 4) is 0 Å². The van der Waals surface area contributed by atoms with Gasteiger partial charge in [-0.2, -0.15) is 17.0 Å². The van der Waals surface area contributed by atoms with Crippen molar-refractivity contribution in [3.63, 3.8) is 0 Å². The molecule has 2 saturated carbocycles. The maximum absolute atomic E-state index is 12.8. The molecule has 122 valence electrons. The average molecular weight is 315 g/mol. The van der Waals surface area contributed by atoms with Crippen LogP contribution in [-0.4, -0.2) is 50.3 Å². The van der Waals surface area contributed by atoms with Crippen molar-refractivity contribution >= 4 is 10.2 Å². The monoisotopic (exact) mass is 315 g/mol. The highest BCUT2D eigenvalue weighted by Crippen LogP contribution is 2.48. The van der Waals surface area contributed by atoms with Crippen LogP contribution in [0.25, 0.3) is 0 Å². The zero-order valence-corrected chi connectivity index (χ0v) is 13.9. The topological polar surface area (TPSA) is 66.6 Å². The fourth-order valence-corrected chi connectivity index (χ4v) is 6.18. The Morgan fingerprint density at radius 1 is 1.24 bits per heavy atom. The van der Waals surface area contributed by atoms with Crippen LogP contribution < -0.4 is 5.73 Å².